The Morgan fingerprint density at radius 3 is 1.44 bits per heavy atom. The van der Waals surface area contributed by atoms with Crippen LogP contribution in [0.4, 0.5) is 0 Å². The van der Waals surface area contributed by atoms with E-state index in [-0.39, 0.29) is 13.2 Å². The smallest absolute Gasteiger partial charge is 0.350 e. The molecule has 0 aromatic carbocycles. The summed E-state index contributed by atoms with van der Waals surface area (Å²) in [6.07, 6.45) is 0. The number of ether oxygens (including phenoxy) is 2. The molecule has 0 aromatic rings. The maximum Gasteiger partial charge on any atom is 0.350 e. The van der Waals surface area contributed by atoms with Crippen LogP contribution in [0, 0.1) is 22.7 Å². The Morgan fingerprint density at radius 1 is 0.938 bits per heavy atom. The molecular weight excluding hydrogens is 212 g/mol. The zero-order chi connectivity index (χ0) is 12.6. The molecule has 0 aromatic heterocycles. The van der Waals surface area contributed by atoms with E-state index >= 15 is 0 Å². The van der Waals surface area contributed by atoms with Crippen LogP contribution < -0.4 is 0 Å². The van der Waals surface area contributed by atoms with Crippen LogP contribution in [0.25, 0.3) is 0 Å². The highest BCUT2D eigenvalue weighted by Crippen LogP contribution is 2.07. The second-order valence-electron chi connectivity index (χ2n) is 2.41. The van der Waals surface area contributed by atoms with Gasteiger partial charge in [-0.1, -0.05) is 0 Å². The van der Waals surface area contributed by atoms with Crippen LogP contribution in [0.1, 0.15) is 13.8 Å². The second kappa shape index (κ2) is 7.02. The fraction of sp³-hybridized carbons (Fsp3) is 0.400. The average Bonchev–Trinajstić information content (AvgIpc) is 2.25. The molecule has 0 saturated heterocycles. The predicted molar refractivity (Wildman–Crippen MR) is 51.5 cm³/mol. The molecule has 0 rings (SSSR count). The first-order valence-corrected chi connectivity index (χ1v) is 4.51. The topological polar surface area (TPSA) is 100 Å². The number of hydrogen-bond donors (Lipinski definition) is 0. The van der Waals surface area contributed by atoms with E-state index < -0.39 is 23.1 Å². The van der Waals surface area contributed by atoms with Gasteiger partial charge in [0.2, 0.25) is 0 Å². The van der Waals surface area contributed by atoms with E-state index in [1.165, 1.54) is 12.1 Å². The van der Waals surface area contributed by atoms with Gasteiger partial charge in [-0.05, 0) is 13.8 Å². The van der Waals surface area contributed by atoms with Gasteiger partial charge in [0.25, 0.3) is 0 Å². The molecule has 0 aliphatic rings. The Kier molecular flexibility index (Phi) is 5.99. The number of esters is 2. The summed E-state index contributed by atoms with van der Waals surface area (Å²) < 4.78 is 9.06. The minimum Gasteiger partial charge on any atom is -0.462 e. The average molecular weight is 222 g/mol. The van der Waals surface area contributed by atoms with Crippen molar-refractivity contribution < 1.29 is 19.1 Å². The monoisotopic (exact) mass is 222 g/mol. The lowest BCUT2D eigenvalue weighted by molar-refractivity contribution is -0.141. The van der Waals surface area contributed by atoms with Crippen LogP contribution in [0.2, 0.25) is 0 Å². The molecule has 0 aliphatic heterocycles. The molecule has 0 N–H and O–H groups in total. The van der Waals surface area contributed by atoms with Crippen molar-refractivity contribution in [2.75, 3.05) is 13.2 Å². The van der Waals surface area contributed by atoms with Gasteiger partial charge in [-0.15, -0.1) is 0 Å². The first-order chi connectivity index (χ1) is 7.62. The van der Waals surface area contributed by atoms with Gasteiger partial charge < -0.3 is 9.47 Å². The van der Waals surface area contributed by atoms with Gasteiger partial charge in [0.15, 0.2) is 11.1 Å². The Morgan fingerprint density at radius 2 is 1.25 bits per heavy atom. The van der Waals surface area contributed by atoms with E-state index in [0.717, 1.165) is 0 Å². The Hall–Kier alpha value is -2.34. The molecule has 0 bridgehead atoms. The molecule has 0 atom stereocenters. The second-order valence-corrected chi connectivity index (χ2v) is 2.41. The van der Waals surface area contributed by atoms with Crippen molar-refractivity contribution in [3.63, 3.8) is 0 Å². The van der Waals surface area contributed by atoms with Crippen LogP contribution in [-0.2, 0) is 19.1 Å². The number of carbonyl (C=O) groups excluding carboxylic acids is 2. The molecule has 16 heavy (non-hydrogen) atoms. The van der Waals surface area contributed by atoms with E-state index in [1.54, 1.807) is 13.8 Å². The maximum atomic E-state index is 11.2. The first-order valence-electron chi connectivity index (χ1n) is 4.51. The molecule has 0 saturated carbocycles. The normalized spacial score (nSPS) is 10.5. The zero-order valence-electron chi connectivity index (χ0n) is 8.94. The van der Waals surface area contributed by atoms with E-state index in [9.17, 15) is 9.59 Å². The highest BCUT2D eigenvalue weighted by atomic mass is 16.5. The SMILES string of the molecule is CCOC(=O)/C(C#N)=C(\C#N)C(=O)OCC. The van der Waals surface area contributed by atoms with Gasteiger partial charge in [0, 0.05) is 0 Å². The number of nitriles is 2. The van der Waals surface area contributed by atoms with Crippen LogP contribution in [0.15, 0.2) is 11.1 Å². The van der Waals surface area contributed by atoms with E-state index in [4.69, 9.17) is 10.5 Å². The molecular formula is C10H10N2O4. The van der Waals surface area contributed by atoms with E-state index in [0.29, 0.717) is 0 Å². The predicted octanol–water partition coefficient (Wildman–Crippen LogP) is 0.456. The fourth-order valence-corrected chi connectivity index (χ4v) is 0.814. The molecule has 0 fully saturated rings. The highest BCUT2D eigenvalue weighted by molar-refractivity contribution is 6.05. The van der Waals surface area contributed by atoms with Crippen molar-refractivity contribution in [3.8, 4) is 12.1 Å². The first kappa shape index (κ1) is 13.7. The minimum atomic E-state index is -1.00. The summed E-state index contributed by atoms with van der Waals surface area (Å²) in [6, 6.07) is 2.92. The standard InChI is InChI=1S/C10H10N2O4/c1-3-15-9(13)7(5-11)8(6-12)10(14)16-4-2/h3-4H2,1-2H3/b8-7+. The lowest BCUT2D eigenvalue weighted by Crippen LogP contribution is -2.15. The number of hydrogen-bond acceptors (Lipinski definition) is 6. The summed E-state index contributed by atoms with van der Waals surface area (Å²) in [7, 11) is 0. The number of carbonyl (C=O) groups is 2. The van der Waals surface area contributed by atoms with Crippen molar-refractivity contribution >= 4 is 11.9 Å². The molecule has 0 amide bonds. The van der Waals surface area contributed by atoms with E-state index in [1.807, 2.05) is 0 Å². The molecule has 0 unspecified atom stereocenters. The zero-order valence-corrected chi connectivity index (χ0v) is 8.94. The summed E-state index contributed by atoms with van der Waals surface area (Å²) in [5.74, 6) is -2.01. The van der Waals surface area contributed by atoms with Crippen molar-refractivity contribution in [2.45, 2.75) is 13.8 Å². The Bertz CT molecular complexity index is 360. The molecule has 0 spiro atoms. The van der Waals surface area contributed by atoms with Gasteiger partial charge in [-0.2, -0.15) is 10.5 Å². The summed E-state index contributed by atoms with van der Waals surface area (Å²) in [4.78, 5) is 22.4. The van der Waals surface area contributed by atoms with Crippen LogP contribution >= 0.6 is 0 Å². The molecule has 0 radical (unpaired) electrons. The summed E-state index contributed by atoms with van der Waals surface area (Å²) in [6.45, 7) is 3.18. The van der Waals surface area contributed by atoms with Crippen molar-refractivity contribution in [1.82, 2.24) is 0 Å². The summed E-state index contributed by atoms with van der Waals surface area (Å²) in [5.41, 5.74) is -1.27. The molecule has 6 nitrogen and oxygen atoms in total. The van der Waals surface area contributed by atoms with Gasteiger partial charge in [0.1, 0.15) is 12.1 Å². The number of nitrogens with zero attached hydrogens (tertiary/aromatic N) is 2. The van der Waals surface area contributed by atoms with E-state index in [2.05, 4.69) is 9.47 Å². The van der Waals surface area contributed by atoms with Gasteiger partial charge in [-0.25, -0.2) is 9.59 Å². The fourth-order valence-electron chi connectivity index (χ4n) is 0.814. The largest absolute Gasteiger partial charge is 0.462 e. The quantitative estimate of drug-likeness (QED) is 0.389. The number of rotatable bonds is 4. The van der Waals surface area contributed by atoms with Gasteiger partial charge in [-0.3, -0.25) is 0 Å². The van der Waals surface area contributed by atoms with Crippen molar-refractivity contribution in [2.24, 2.45) is 0 Å². The van der Waals surface area contributed by atoms with Crippen molar-refractivity contribution in [3.05, 3.63) is 11.1 Å². The van der Waals surface area contributed by atoms with Crippen LogP contribution in [0.3, 0.4) is 0 Å². The molecule has 84 valence electrons. The van der Waals surface area contributed by atoms with Crippen molar-refractivity contribution in [1.29, 1.82) is 10.5 Å². The summed E-state index contributed by atoms with van der Waals surface area (Å²) in [5, 5.41) is 17.3. The third-order valence-corrected chi connectivity index (χ3v) is 1.43. The van der Waals surface area contributed by atoms with Crippen LogP contribution in [-0.4, -0.2) is 25.2 Å². The van der Waals surface area contributed by atoms with Gasteiger partial charge in [0.05, 0.1) is 13.2 Å². The minimum absolute atomic E-state index is 0.0472. The lowest BCUT2D eigenvalue weighted by atomic mass is 10.1. The summed E-state index contributed by atoms with van der Waals surface area (Å²) >= 11 is 0. The highest BCUT2D eigenvalue weighted by Gasteiger charge is 2.23. The third kappa shape index (κ3) is 3.43. The molecule has 0 heterocycles. The third-order valence-electron chi connectivity index (χ3n) is 1.43. The molecule has 6 heteroatoms. The van der Waals surface area contributed by atoms with Gasteiger partial charge >= 0.3 is 11.9 Å². The molecule has 0 aliphatic carbocycles. The lowest BCUT2D eigenvalue weighted by Gasteiger charge is -2.02. The van der Waals surface area contributed by atoms with Crippen LogP contribution in [0.5, 0.6) is 0 Å². The maximum absolute atomic E-state index is 11.2. The Labute approximate surface area is 92.7 Å². The Balaban J connectivity index is 5.26.